The number of halogens is 1. The number of nitro groups is 1. The molecule has 1 saturated carbocycles. The second kappa shape index (κ2) is 3.46. The van der Waals surface area contributed by atoms with Crippen LogP contribution in [0.5, 0.6) is 0 Å². The molecule has 0 aliphatic heterocycles. The first-order chi connectivity index (χ1) is 6.66. The van der Waals surface area contributed by atoms with E-state index in [0.717, 1.165) is 18.5 Å². The van der Waals surface area contributed by atoms with Crippen molar-refractivity contribution in [3.8, 4) is 0 Å². The van der Waals surface area contributed by atoms with Crippen molar-refractivity contribution in [3.63, 3.8) is 0 Å². The van der Waals surface area contributed by atoms with Crippen molar-refractivity contribution in [1.82, 2.24) is 0 Å². The highest BCUT2D eigenvalue weighted by molar-refractivity contribution is 6.32. The zero-order valence-corrected chi connectivity index (χ0v) is 8.12. The third-order valence-electron chi connectivity index (χ3n) is 2.09. The van der Waals surface area contributed by atoms with E-state index in [-0.39, 0.29) is 10.7 Å². The molecule has 0 heterocycles. The summed E-state index contributed by atoms with van der Waals surface area (Å²) in [5.41, 5.74) is 0.802. The number of hydrogen-bond acceptors (Lipinski definition) is 3. The first kappa shape index (κ1) is 9.27. The molecule has 2 rings (SSSR count). The van der Waals surface area contributed by atoms with Gasteiger partial charge in [0.25, 0.3) is 5.69 Å². The molecule has 0 amide bonds. The van der Waals surface area contributed by atoms with Gasteiger partial charge in [0.15, 0.2) is 0 Å². The highest BCUT2D eigenvalue weighted by atomic mass is 35.5. The highest BCUT2D eigenvalue weighted by Crippen LogP contribution is 2.30. The Bertz CT molecular complexity index is 377. The summed E-state index contributed by atoms with van der Waals surface area (Å²) in [5, 5.41) is 13.9. The Morgan fingerprint density at radius 2 is 2.21 bits per heavy atom. The largest absolute Gasteiger partial charge is 0.382 e. The molecule has 0 saturated heterocycles. The van der Waals surface area contributed by atoms with Crippen LogP contribution in [0, 0.1) is 10.1 Å². The van der Waals surface area contributed by atoms with Gasteiger partial charge in [-0.25, -0.2) is 0 Å². The molecule has 1 aromatic rings. The fraction of sp³-hybridized carbons (Fsp3) is 0.333. The molecule has 1 fully saturated rings. The van der Waals surface area contributed by atoms with Crippen LogP contribution in [0.1, 0.15) is 12.8 Å². The molecule has 1 aromatic carbocycles. The summed E-state index contributed by atoms with van der Waals surface area (Å²) < 4.78 is 0. The van der Waals surface area contributed by atoms with Crippen LogP contribution < -0.4 is 5.32 Å². The summed E-state index contributed by atoms with van der Waals surface area (Å²) in [7, 11) is 0. The third kappa shape index (κ3) is 1.96. The van der Waals surface area contributed by atoms with Gasteiger partial charge < -0.3 is 5.32 Å². The van der Waals surface area contributed by atoms with Crippen LogP contribution >= 0.6 is 11.6 Å². The molecule has 0 aromatic heterocycles. The maximum absolute atomic E-state index is 10.5. The van der Waals surface area contributed by atoms with Crippen LogP contribution in [0.2, 0.25) is 5.02 Å². The van der Waals surface area contributed by atoms with Gasteiger partial charge in [-0.1, -0.05) is 11.6 Å². The van der Waals surface area contributed by atoms with E-state index in [1.165, 1.54) is 6.07 Å². The molecule has 4 nitrogen and oxygen atoms in total. The summed E-state index contributed by atoms with van der Waals surface area (Å²) in [6.45, 7) is 0. The van der Waals surface area contributed by atoms with Gasteiger partial charge in [0, 0.05) is 17.8 Å². The first-order valence-electron chi connectivity index (χ1n) is 4.37. The number of benzene rings is 1. The molecule has 0 atom stereocenters. The van der Waals surface area contributed by atoms with Gasteiger partial charge in [-0.15, -0.1) is 0 Å². The van der Waals surface area contributed by atoms with E-state index < -0.39 is 4.92 Å². The minimum atomic E-state index is -0.483. The van der Waals surface area contributed by atoms with E-state index in [2.05, 4.69) is 5.32 Å². The molecule has 0 spiro atoms. The van der Waals surface area contributed by atoms with Crippen LogP contribution in [-0.4, -0.2) is 11.0 Å². The third-order valence-corrected chi connectivity index (χ3v) is 2.40. The minimum Gasteiger partial charge on any atom is -0.382 e. The van der Waals surface area contributed by atoms with Gasteiger partial charge in [-0.3, -0.25) is 10.1 Å². The minimum absolute atomic E-state index is 0.0481. The van der Waals surface area contributed by atoms with Crippen LogP contribution in [0.3, 0.4) is 0 Å². The van der Waals surface area contributed by atoms with Gasteiger partial charge in [0.1, 0.15) is 5.02 Å². The molecule has 5 heteroatoms. The van der Waals surface area contributed by atoms with E-state index in [0.29, 0.717) is 6.04 Å². The van der Waals surface area contributed by atoms with E-state index in [1.807, 2.05) is 0 Å². The predicted octanol–water partition coefficient (Wildman–Crippen LogP) is 2.82. The van der Waals surface area contributed by atoms with Gasteiger partial charge in [-0.05, 0) is 25.0 Å². The Morgan fingerprint density at radius 1 is 1.50 bits per heavy atom. The zero-order chi connectivity index (χ0) is 10.1. The Balaban J connectivity index is 2.20. The molecule has 1 aliphatic rings. The quantitative estimate of drug-likeness (QED) is 0.619. The molecule has 0 bridgehead atoms. The van der Waals surface area contributed by atoms with Crippen LogP contribution in [0.4, 0.5) is 11.4 Å². The van der Waals surface area contributed by atoms with Crippen molar-refractivity contribution in [2.75, 3.05) is 5.32 Å². The lowest BCUT2D eigenvalue weighted by molar-refractivity contribution is -0.384. The summed E-state index contributed by atoms with van der Waals surface area (Å²) >= 11 is 5.75. The summed E-state index contributed by atoms with van der Waals surface area (Å²) in [4.78, 5) is 9.99. The lowest BCUT2D eigenvalue weighted by Gasteiger charge is -2.04. The number of hydrogen-bond donors (Lipinski definition) is 1. The van der Waals surface area contributed by atoms with Crippen LogP contribution in [-0.2, 0) is 0 Å². The lowest BCUT2D eigenvalue weighted by Crippen LogP contribution is -2.00. The standard InChI is InChI=1S/C9H9ClN2O2/c10-8-5-7(11-6-1-2-6)3-4-9(8)12(13)14/h3-6,11H,1-2H2. The summed E-state index contributed by atoms with van der Waals surface area (Å²) in [5.74, 6) is 0. The van der Waals surface area contributed by atoms with E-state index in [4.69, 9.17) is 11.6 Å². The van der Waals surface area contributed by atoms with Gasteiger partial charge in [0.05, 0.1) is 4.92 Å². The Labute approximate surface area is 86.0 Å². The maximum atomic E-state index is 10.5. The average Bonchev–Trinajstić information content (AvgIpc) is 2.87. The Hall–Kier alpha value is -1.29. The van der Waals surface area contributed by atoms with Gasteiger partial charge >= 0.3 is 0 Å². The van der Waals surface area contributed by atoms with E-state index in [9.17, 15) is 10.1 Å². The van der Waals surface area contributed by atoms with Crippen molar-refractivity contribution >= 4 is 23.0 Å². The SMILES string of the molecule is O=[N+]([O-])c1ccc(NC2CC2)cc1Cl. The lowest BCUT2D eigenvalue weighted by atomic mass is 10.3. The first-order valence-corrected chi connectivity index (χ1v) is 4.75. The molecule has 14 heavy (non-hydrogen) atoms. The van der Waals surface area contributed by atoms with Crippen molar-refractivity contribution < 1.29 is 4.92 Å². The van der Waals surface area contributed by atoms with Gasteiger partial charge in [-0.2, -0.15) is 0 Å². The number of nitro benzene ring substituents is 1. The Kier molecular flexibility index (Phi) is 2.29. The number of nitrogens with zero attached hydrogens (tertiary/aromatic N) is 1. The molecule has 74 valence electrons. The normalized spacial score (nSPS) is 15.2. The van der Waals surface area contributed by atoms with Crippen molar-refractivity contribution in [1.29, 1.82) is 0 Å². The fourth-order valence-electron chi connectivity index (χ4n) is 1.21. The number of rotatable bonds is 3. The summed E-state index contributed by atoms with van der Waals surface area (Å²) in [6.07, 6.45) is 2.32. The molecule has 1 N–H and O–H groups in total. The van der Waals surface area contributed by atoms with Crippen molar-refractivity contribution in [2.24, 2.45) is 0 Å². The van der Waals surface area contributed by atoms with Gasteiger partial charge in [0.2, 0.25) is 0 Å². The smallest absolute Gasteiger partial charge is 0.288 e. The fourth-order valence-corrected chi connectivity index (χ4v) is 1.46. The molecular weight excluding hydrogens is 204 g/mol. The van der Waals surface area contributed by atoms with Crippen LogP contribution in [0.15, 0.2) is 18.2 Å². The Morgan fingerprint density at radius 3 is 2.71 bits per heavy atom. The molecule has 1 aliphatic carbocycles. The predicted molar refractivity (Wildman–Crippen MR) is 54.8 cm³/mol. The molecule has 0 unspecified atom stereocenters. The second-order valence-electron chi connectivity index (χ2n) is 3.34. The topological polar surface area (TPSA) is 55.2 Å². The molecule has 0 radical (unpaired) electrons. The van der Waals surface area contributed by atoms with Crippen LogP contribution in [0.25, 0.3) is 0 Å². The number of nitrogens with one attached hydrogen (secondary N) is 1. The summed E-state index contributed by atoms with van der Waals surface area (Å²) in [6, 6.07) is 5.22. The van der Waals surface area contributed by atoms with E-state index >= 15 is 0 Å². The van der Waals surface area contributed by atoms with E-state index in [1.54, 1.807) is 12.1 Å². The maximum Gasteiger partial charge on any atom is 0.288 e. The molecular formula is C9H9ClN2O2. The number of anilines is 1. The average molecular weight is 213 g/mol. The second-order valence-corrected chi connectivity index (χ2v) is 3.75. The monoisotopic (exact) mass is 212 g/mol. The van der Waals surface area contributed by atoms with Crippen molar-refractivity contribution in [2.45, 2.75) is 18.9 Å². The highest BCUT2D eigenvalue weighted by Gasteiger charge is 2.21. The zero-order valence-electron chi connectivity index (χ0n) is 7.37. The van der Waals surface area contributed by atoms with Crippen molar-refractivity contribution in [3.05, 3.63) is 33.3 Å².